The molecule has 0 aliphatic carbocycles. The highest BCUT2D eigenvalue weighted by atomic mass is 16.6. The van der Waals surface area contributed by atoms with E-state index in [1.807, 2.05) is 0 Å². The highest BCUT2D eigenvalue weighted by Gasteiger charge is 2.20. The lowest BCUT2D eigenvalue weighted by molar-refractivity contribution is -0.385. The van der Waals surface area contributed by atoms with Crippen molar-refractivity contribution in [3.05, 3.63) is 33.9 Å². The van der Waals surface area contributed by atoms with Crippen molar-refractivity contribution < 1.29 is 19.2 Å². The van der Waals surface area contributed by atoms with Crippen molar-refractivity contribution in [2.24, 2.45) is 5.92 Å². The number of carbonyl (C=O) groups is 1. The van der Waals surface area contributed by atoms with Crippen molar-refractivity contribution >= 4 is 12.0 Å². The third-order valence-corrected chi connectivity index (χ3v) is 2.82. The summed E-state index contributed by atoms with van der Waals surface area (Å²) in [4.78, 5) is 21.0. The number of aldehydes is 1. The summed E-state index contributed by atoms with van der Waals surface area (Å²) in [5.41, 5.74) is 0.234. The van der Waals surface area contributed by atoms with E-state index in [0.29, 0.717) is 31.7 Å². The summed E-state index contributed by atoms with van der Waals surface area (Å²) < 4.78 is 10.6. The van der Waals surface area contributed by atoms with Crippen LogP contribution < -0.4 is 4.74 Å². The Kier molecular flexibility index (Phi) is 3.88. The van der Waals surface area contributed by atoms with E-state index in [9.17, 15) is 14.9 Å². The van der Waals surface area contributed by atoms with Crippen LogP contribution in [-0.2, 0) is 4.74 Å². The smallest absolute Gasteiger partial charge is 0.310 e. The third-order valence-electron chi connectivity index (χ3n) is 2.82. The molecule has 1 saturated heterocycles. The van der Waals surface area contributed by atoms with Crippen LogP contribution in [0, 0.1) is 16.0 Å². The average Bonchev–Trinajstić information content (AvgIpc) is 2.88. The molecule has 0 bridgehead atoms. The first-order chi connectivity index (χ1) is 8.70. The topological polar surface area (TPSA) is 78.7 Å². The molecule has 1 unspecified atom stereocenters. The van der Waals surface area contributed by atoms with E-state index in [0.717, 1.165) is 6.42 Å². The molecule has 96 valence electrons. The summed E-state index contributed by atoms with van der Waals surface area (Å²) in [5, 5.41) is 10.8. The Labute approximate surface area is 104 Å². The maximum atomic E-state index is 10.8. The summed E-state index contributed by atoms with van der Waals surface area (Å²) in [5.74, 6) is 0.390. The van der Waals surface area contributed by atoms with Crippen LogP contribution in [0.2, 0.25) is 0 Å². The first-order valence-electron chi connectivity index (χ1n) is 5.65. The van der Waals surface area contributed by atoms with E-state index in [1.54, 1.807) is 0 Å². The Morgan fingerprint density at radius 3 is 3.00 bits per heavy atom. The van der Waals surface area contributed by atoms with Gasteiger partial charge in [-0.2, -0.15) is 0 Å². The number of benzene rings is 1. The molecule has 1 aliphatic heterocycles. The first-order valence-corrected chi connectivity index (χ1v) is 5.65. The number of carbonyl (C=O) groups excluding carboxylic acids is 1. The van der Waals surface area contributed by atoms with Gasteiger partial charge in [-0.3, -0.25) is 14.9 Å². The standard InChI is InChI=1S/C12H13NO5/c14-6-9-1-2-11(13(15)16)12(5-9)18-8-10-3-4-17-7-10/h1-2,5-6,10H,3-4,7-8H2. The second-order valence-electron chi connectivity index (χ2n) is 4.14. The molecule has 2 rings (SSSR count). The molecule has 0 radical (unpaired) electrons. The summed E-state index contributed by atoms with van der Waals surface area (Å²) in [6.45, 7) is 1.68. The Morgan fingerprint density at radius 1 is 1.56 bits per heavy atom. The lowest BCUT2D eigenvalue weighted by Crippen LogP contribution is -2.12. The van der Waals surface area contributed by atoms with Gasteiger partial charge < -0.3 is 9.47 Å². The van der Waals surface area contributed by atoms with Crippen LogP contribution in [0.15, 0.2) is 18.2 Å². The predicted molar refractivity (Wildman–Crippen MR) is 62.9 cm³/mol. The molecule has 1 heterocycles. The van der Waals surface area contributed by atoms with Gasteiger partial charge in [0, 0.05) is 24.2 Å². The zero-order valence-corrected chi connectivity index (χ0v) is 9.70. The van der Waals surface area contributed by atoms with Gasteiger partial charge >= 0.3 is 5.69 Å². The number of hydrogen-bond acceptors (Lipinski definition) is 5. The molecule has 1 aliphatic rings. The number of hydrogen-bond donors (Lipinski definition) is 0. The molecule has 1 fully saturated rings. The molecule has 0 N–H and O–H groups in total. The second kappa shape index (κ2) is 5.59. The number of nitro benzene ring substituents is 1. The third kappa shape index (κ3) is 2.84. The van der Waals surface area contributed by atoms with Crippen LogP contribution in [0.5, 0.6) is 5.75 Å². The molecule has 18 heavy (non-hydrogen) atoms. The normalized spacial score (nSPS) is 18.6. The Hall–Kier alpha value is -1.95. The Morgan fingerprint density at radius 2 is 2.39 bits per heavy atom. The molecule has 0 amide bonds. The SMILES string of the molecule is O=Cc1ccc([N+](=O)[O-])c(OCC2CCOC2)c1. The van der Waals surface area contributed by atoms with Crippen molar-refractivity contribution in [3.63, 3.8) is 0 Å². The van der Waals surface area contributed by atoms with Gasteiger partial charge in [-0.15, -0.1) is 0 Å². The van der Waals surface area contributed by atoms with Gasteiger partial charge in [-0.05, 0) is 18.6 Å². The highest BCUT2D eigenvalue weighted by molar-refractivity contribution is 5.76. The minimum Gasteiger partial charge on any atom is -0.486 e. The quantitative estimate of drug-likeness (QED) is 0.453. The fourth-order valence-corrected chi connectivity index (χ4v) is 1.79. The average molecular weight is 251 g/mol. The van der Waals surface area contributed by atoms with Crippen LogP contribution >= 0.6 is 0 Å². The maximum Gasteiger partial charge on any atom is 0.310 e. The molecule has 1 aromatic carbocycles. The molecule has 0 spiro atoms. The number of nitrogens with zero attached hydrogens (tertiary/aromatic N) is 1. The summed E-state index contributed by atoms with van der Waals surface area (Å²) in [6.07, 6.45) is 1.52. The van der Waals surface area contributed by atoms with Crippen molar-refractivity contribution in [1.82, 2.24) is 0 Å². The zero-order valence-electron chi connectivity index (χ0n) is 9.70. The van der Waals surface area contributed by atoms with Crippen LogP contribution in [0.4, 0.5) is 5.69 Å². The van der Waals surface area contributed by atoms with Crippen molar-refractivity contribution in [2.45, 2.75) is 6.42 Å². The van der Waals surface area contributed by atoms with E-state index < -0.39 is 4.92 Å². The van der Waals surface area contributed by atoms with Gasteiger partial charge in [0.2, 0.25) is 0 Å². The van der Waals surface area contributed by atoms with E-state index in [-0.39, 0.29) is 17.4 Å². The molecule has 6 nitrogen and oxygen atoms in total. The number of rotatable bonds is 5. The van der Waals surface area contributed by atoms with Crippen molar-refractivity contribution in [2.75, 3.05) is 19.8 Å². The summed E-state index contributed by atoms with van der Waals surface area (Å²) >= 11 is 0. The minimum atomic E-state index is -0.519. The lowest BCUT2D eigenvalue weighted by atomic mass is 10.1. The van der Waals surface area contributed by atoms with Crippen molar-refractivity contribution in [1.29, 1.82) is 0 Å². The Balaban J connectivity index is 2.12. The molecule has 1 atom stereocenters. The molecular formula is C12H13NO5. The molecular weight excluding hydrogens is 238 g/mol. The molecule has 1 aromatic rings. The Bertz CT molecular complexity index is 454. The molecule has 0 aromatic heterocycles. The maximum absolute atomic E-state index is 10.8. The van der Waals surface area contributed by atoms with E-state index in [2.05, 4.69) is 0 Å². The van der Waals surface area contributed by atoms with E-state index in [1.165, 1.54) is 18.2 Å². The lowest BCUT2D eigenvalue weighted by Gasteiger charge is -2.10. The fourth-order valence-electron chi connectivity index (χ4n) is 1.79. The largest absolute Gasteiger partial charge is 0.486 e. The van der Waals surface area contributed by atoms with Gasteiger partial charge in [-0.25, -0.2) is 0 Å². The highest BCUT2D eigenvalue weighted by Crippen LogP contribution is 2.28. The minimum absolute atomic E-state index is 0.125. The molecule has 0 saturated carbocycles. The summed E-state index contributed by atoms with van der Waals surface area (Å²) in [6, 6.07) is 4.07. The zero-order chi connectivity index (χ0) is 13.0. The van der Waals surface area contributed by atoms with E-state index in [4.69, 9.17) is 9.47 Å². The molecule has 6 heteroatoms. The fraction of sp³-hybridized carbons (Fsp3) is 0.417. The number of ether oxygens (including phenoxy) is 2. The van der Waals surface area contributed by atoms with Gasteiger partial charge in [0.05, 0.1) is 18.1 Å². The van der Waals surface area contributed by atoms with Gasteiger partial charge in [0.1, 0.15) is 6.29 Å². The van der Waals surface area contributed by atoms with Gasteiger partial charge in [0.15, 0.2) is 5.75 Å². The van der Waals surface area contributed by atoms with E-state index >= 15 is 0 Å². The van der Waals surface area contributed by atoms with Crippen LogP contribution in [-0.4, -0.2) is 31.0 Å². The van der Waals surface area contributed by atoms with Crippen LogP contribution in [0.3, 0.4) is 0 Å². The van der Waals surface area contributed by atoms with Crippen LogP contribution in [0.1, 0.15) is 16.8 Å². The van der Waals surface area contributed by atoms with Crippen LogP contribution in [0.25, 0.3) is 0 Å². The first kappa shape index (κ1) is 12.5. The number of nitro groups is 1. The predicted octanol–water partition coefficient (Wildman–Crippen LogP) is 1.82. The monoisotopic (exact) mass is 251 g/mol. The summed E-state index contributed by atoms with van der Waals surface area (Å²) in [7, 11) is 0. The van der Waals surface area contributed by atoms with Gasteiger partial charge in [-0.1, -0.05) is 0 Å². The van der Waals surface area contributed by atoms with Gasteiger partial charge in [0.25, 0.3) is 0 Å². The second-order valence-corrected chi connectivity index (χ2v) is 4.14. The van der Waals surface area contributed by atoms with Crippen molar-refractivity contribution in [3.8, 4) is 5.75 Å².